The largest absolute Gasteiger partial charge is 0.308 e. The first-order valence-corrected chi connectivity index (χ1v) is 23.1. The molecule has 0 fully saturated rings. The highest BCUT2D eigenvalue weighted by Crippen LogP contribution is 2.46. The predicted octanol–water partition coefficient (Wildman–Crippen LogP) is 15.8. The average molecular weight is 852 g/mol. The van der Waals surface area contributed by atoms with E-state index in [1.54, 1.807) is 0 Å². The van der Waals surface area contributed by atoms with Crippen LogP contribution in [0, 0.1) is 0 Å². The summed E-state index contributed by atoms with van der Waals surface area (Å²) in [6.45, 7) is 0. The minimum Gasteiger partial charge on any atom is -0.308 e. The minimum atomic E-state index is 0.603. The van der Waals surface area contributed by atoms with Crippen LogP contribution in [-0.2, 0) is 0 Å². The van der Waals surface area contributed by atoms with Crippen LogP contribution in [0.3, 0.4) is 0 Å². The summed E-state index contributed by atoms with van der Waals surface area (Å²) in [5.74, 6) is 1.85. The maximum Gasteiger partial charge on any atom is 0.166 e. The second kappa shape index (κ2) is 13.8. The topological polar surface area (TPSA) is 48.5 Å². The summed E-state index contributed by atoms with van der Waals surface area (Å²) < 4.78 is 10.0. The highest BCUT2D eigenvalue weighted by atomic mass is 32.1. The Hall–Kier alpha value is -7.97. The van der Waals surface area contributed by atoms with Gasteiger partial charge in [0.25, 0.3) is 0 Å². The van der Waals surface area contributed by atoms with E-state index in [2.05, 4.69) is 173 Å². The van der Waals surface area contributed by atoms with Gasteiger partial charge in [-0.2, -0.15) is 0 Å². The maximum atomic E-state index is 5.41. The zero-order chi connectivity index (χ0) is 41.9. The Morgan fingerprint density at radius 1 is 0.328 bits per heavy atom. The van der Waals surface area contributed by atoms with Gasteiger partial charge in [-0.25, -0.2) is 15.0 Å². The molecule has 0 amide bonds. The zero-order valence-corrected chi connectivity index (χ0v) is 35.7. The fourth-order valence-corrected chi connectivity index (χ4v) is 12.4. The molecule has 0 unspecified atom stereocenters. The zero-order valence-electron chi connectivity index (χ0n) is 34.1. The molecule has 0 saturated heterocycles. The van der Waals surface area contributed by atoms with Gasteiger partial charge >= 0.3 is 0 Å². The number of nitrogens with zero attached hydrogens (tertiary/aromatic N) is 5. The van der Waals surface area contributed by atoms with Gasteiger partial charge < -0.3 is 9.13 Å². The van der Waals surface area contributed by atoms with Crippen LogP contribution in [0.15, 0.2) is 200 Å². The van der Waals surface area contributed by atoms with Crippen LogP contribution in [-0.4, -0.2) is 24.1 Å². The van der Waals surface area contributed by atoms with Gasteiger partial charge in [-0.05, 0) is 42.5 Å². The van der Waals surface area contributed by atoms with Crippen LogP contribution in [0.1, 0.15) is 0 Å². The van der Waals surface area contributed by atoms with Crippen LogP contribution in [0.25, 0.3) is 129 Å². The number of fused-ring (bicyclic) bond motifs is 14. The molecule has 14 rings (SSSR count). The van der Waals surface area contributed by atoms with Gasteiger partial charge in [-0.1, -0.05) is 158 Å². The molecule has 298 valence electrons. The lowest BCUT2D eigenvalue weighted by atomic mass is 10.1. The fraction of sp³-hybridized carbons (Fsp3) is 0. The number of hydrogen-bond donors (Lipinski definition) is 0. The molecule has 7 heteroatoms. The van der Waals surface area contributed by atoms with Gasteiger partial charge in [0, 0.05) is 74.9 Å². The molecule has 9 aromatic carbocycles. The van der Waals surface area contributed by atoms with E-state index in [4.69, 9.17) is 15.0 Å². The summed E-state index contributed by atoms with van der Waals surface area (Å²) in [5.41, 5.74) is 9.45. The monoisotopic (exact) mass is 851 g/mol. The first-order chi connectivity index (χ1) is 31.7. The van der Waals surface area contributed by atoms with E-state index < -0.39 is 0 Å². The van der Waals surface area contributed by atoms with Crippen molar-refractivity contribution in [2.45, 2.75) is 0 Å². The molecule has 5 nitrogen and oxygen atoms in total. The summed E-state index contributed by atoms with van der Waals surface area (Å²) in [4.78, 5) is 16.0. The van der Waals surface area contributed by atoms with Gasteiger partial charge in [0.15, 0.2) is 17.5 Å². The van der Waals surface area contributed by atoms with Crippen LogP contribution in [0.4, 0.5) is 0 Å². The highest BCUT2D eigenvalue weighted by Gasteiger charge is 2.24. The first kappa shape index (κ1) is 35.6. The van der Waals surface area contributed by atoms with Gasteiger partial charge in [-0.3, -0.25) is 0 Å². The Balaban J connectivity index is 1.14. The quantitative estimate of drug-likeness (QED) is 0.173. The van der Waals surface area contributed by atoms with Gasteiger partial charge in [0.05, 0.1) is 37.2 Å². The molecule has 5 aromatic heterocycles. The standard InChI is InChI=1S/C57H33N5S2/c1-3-15-34(16-4-1)55-58-56(35-17-5-2-6-18-35)60-57(59-55)45-33-36(61-46-23-11-7-19-37(46)41-28-30-43-39-21-9-13-25-49(39)63-53(43)51(41)61)27-32-48(45)62-47-24-12-8-20-38(47)42-29-31-44-40-22-10-14-26-50(40)64-54(44)52(42)62/h1-33H. The minimum absolute atomic E-state index is 0.603. The highest BCUT2D eigenvalue weighted by molar-refractivity contribution is 7.27. The number of hydrogen-bond acceptors (Lipinski definition) is 5. The lowest BCUT2D eigenvalue weighted by molar-refractivity contribution is 1.06. The van der Waals surface area contributed by atoms with Crippen molar-refractivity contribution in [3.8, 4) is 45.5 Å². The SMILES string of the molecule is c1ccc(-c2nc(-c3ccccc3)nc(-c3cc(-n4c5ccccc5c5ccc6c7ccccc7sc6c54)ccc3-n3c4ccccc4c4ccc5c6ccccc6sc5c43)n2)cc1. The summed E-state index contributed by atoms with van der Waals surface area (Å²) in [6, 6.07) is 71.7. The third kappa shape index (κ3) is 5.19. The molecule has 0 radical (unpaired) electrons. The van der Waals surface area contributed by atoms with E-state index >= 15 is 0 Å². The Bertz CT molecular complexity index is 4140. The van der Waals surface area contributed by atoms with Crippen LogP contribution >= 0.6 is 22.7 Å². The normalized spacial score (nSPS) is 12.1. The molecule has 5 heterocycles. The summed E-state index contributed by atoms with van der Waals surface area (Å²) >= 11 is 3.72. The van der Waals surface area contributed by atoms with Gasteiger partial charge in [-0.15, -0.1) is 22.7 Å². The average Bonchev–Trinajstić information content (AvgIpc) is 4.12. The van der Waals surface area contributed by atoms with E-state index in [0.29, 0.717) is 17.5 Å². The summed E-state index contributed by atoms with van der Waals surface area (Å²) in [5, 5.41) is 9.94. The second-order valence-corrected chi connectivity index (χ2v) is 18.4. The van der Waals surface area contributed by atoms with Gasteiger partial charge in [0.2, 0.25) is 0 Å². The Morgan fingerprint density at radius 3 is 1.33 bits per heavy atom. The molecular weight excluding hydrogens is 819 g/mol. The lowest BCUT2D eigenvalue weighted by Crippen LogP contribution is -2.05. The van der Waals surface area contributed by atoms with Crippen molar-refractivity contribution < 1.29 is 0 Å². The smallest absolute Gasteiger partial charge is 0.166 e. The predicted molar refractivity (Wildman–Crippen MR) is 271 cm³/mol. The molecule has 0 aliphatic heterocycles. The summed E-state index contributed by atoms with van der Waals surface area (Å²) in [7, 11) is 0. The van der Waals surface area contributed by atoms with Crippen molar-refractivity contribution >= 4 is 107 Å². The number of benzene rings is 9. The molecular formula is C57H33N5S2. The molecule has 0 aliphatic carbocycles. The van der Waals surface area contributed by atoms with Crippen LogP contribution in [0.5, 0.6) is 0 Å². The van der Waals surface area contributed by atoms with E-state index in [9.17, 15) is 0 Å². The Morgan fingerprint density at radius 2 is 0.766 bits per heavy atom. The van der Waals surface area contributed by atoms with Crippen LogP contribution in [0.2, 0.25) is 0 Å². The molecule has 0 spiro atoms. The van der Waals surface area contributed by atoms with E-state index in [-0.39, 0.29) is 0 Å². The molecule has 64 heavy (non-hydrogen) atoms. The van der Waals surface area contributed by atoms with Crippen molar-refractivity contribution in [2.75, 3.05) is 0 Å². The van der Waals surface area contributed by atoms with Crippen molar-refractivity contribution in [3.05, 3.63) is 200 Å². The molecule has 0 saturated carbocycles. The fourth-order valence-electron chi connectivity index (χ4n) is 9.95. The second-order valence-electron chi connectivity index (χ2n) is 16.3. The number of thiophene rings is 2. The van der Waals surface area contributed by atoms with E-state index in [1.807, 2.05) is 59.1 Å². The van der Waals surface area contributed by atoms with Crippen LogP contribution < -0.4 is 0 Å². The number of para-hydroxylation sites is 2. The maximum absolute atomic E-state index is 5.41. The number of rotatable bonds is 5. The van der Waals surface area contributed by atoms with Crippen molar-refractivity contribution in [2.24, 2.45) is 0 Å². The third-order valence-electron chi connectivity index (χ3n) is 12.8. The Labute approximate surface area is 374 Å². The molecule has 0 aliphatic rings. The first-order valence-electron chi connectivity index (χ1n) is 21.4. The van der Waals surface area contributed by atoms with E-state index in [1.165, 1.54) is 72.9 Å². The summed E-state index contributed by atoms with van der Waals surface area (Å²) in [6.07, 6.45) is 0. The Kier molecular flexibility index (Phi) is 7.66. The molecule has 0 N–H and O–H groups in total. The van der Waals surface area contributed by atoms with Crippen molar-refractivity contribution in [1.82, 2.24) is 24.1 Å². The van der Waals surface area contributed by atoms with Crippen molar-refractivity contribution in [3.63, 3.8) is 0 Å². The molecule has 0 bridgehead atoms. The lowest BCUT2D eigenvalue weighted by Gasteiger charge is -2.17. The van der Waals surface area contributed by atoms with Crippen molar-refractivity contribution in [1.29, 1.82) is 0 Å². The van der Waals surface area contributed by atoms with Gasteiger partial charge in [0.1, 0.15) is 0 Å². The third-order valence-corrected chi connectivity index (χ3v) is 15.2. The molecule has 14 aromatic rings. The molecule has 0 atom stereocenters. The van der Waals surface area contributed by atoms with E-state index in [0.717, 1.165) is 39.1 Å². The number of aromatic nitrogens is 5.